The highest BCUT2D eigenvalue weighted by molar-refractivity contribution is 5.86. The van der Waals surface area contributed by atoms with Crippen LogP contribution < -0.4 is 0 Å². The Morgan fingerprint density at radius 1 is 1.00 bits per heavy atom. The second-order valence-corrected chi connectivity index (χ2v) is 6.06. The highest BCUT2D eigenvalue weighted by Crippen LogP contribution is 2.40. The first kappa shape index (κ1) is 15.1. The molecule has 0 heterocycles. The third-order valence-corrected chi connectivity index (χ3v) is 4.92. The van der Waals surface area contributed by atoms with Crippen LogP contribution in [0, 0.1) is 5.92 Å². The van der Waals surface area contributed by atoms with Gasteiger partial charge in [-0.25, -0.2) is 0 Å². The number of benzene rings is 2. The first-order chi connectivity index (χ1) is 9.52. The molecule has 2 rings (SSSR count). The molecule has 108 valence electrons. The van der Waals surface area contributed by atoms with Crippen molar-refractivity contribution in [1.82, 2.24) is 0 Å². The van der Waals surface area contributed by atoms with E-state index < -0.39 is 5.60 Å². The molecule has 0 aliphatic rings. The molecule has 0 aromatic heterocycles. The Morgan fingerprint density at radius 3 is 2.30 bits per heavy atom. The van der Waals surface area contributed by atoms with Crippen molar-refractivity contribution in [3.63, 3.8) is 0 Å². The molecule has 0 aliphatic carbocycles. The van der Waals surface area contributed by atoms with Crippen LogP contribution in [0.5, 0.6) is 0 Å². The van der Waals surface area contributed by atoms with Crippen LogP contribution >= 0.6 is 0 Å². The second kappa shape index (κ2) is 5.97. The molecular weight excluding hydrogens is 244 g/mol. The fourth-order valence-corrected chi connectivity index (χ4v) is 3.26. The van der Waals surface area contributed by atoms with Crippen LogP contribution in [-0.4, -0.2) is 10.7 Å². The number of hydrogen-bond donors (Lipinski definition) is 1. The van der Waals surface area contributed by atoms with Crippen molar-refractivity contribution in [2.24, 2.45) is 5.92 Å². The standard InChI is InChI=1S/C19H26O/c1-5-14(3)19(4,20)18(6-2)17-13-9-11-15-10-7-8-12-16(15)17/h7-14,18,20H,5-6H2,1-4H3. The number of hydrogen-bond acceptors (Lipinski definition) is 1. The molecule has 2 aromatic carbocycles. The summed E-state index contributed by atoms with van der Waals surface area (Å²) in [4.78, 5) is 0. The molecule has 0 amide bonds. The predicted octanol–water partition coefficient (Wildman–Crippen LogP) is 5.13. The lowest BCUT2D eigenvalue weighted by Gasteiger charge is -2.38. The van der Waals surface area contributed by atoms with Crippen LogP contribution in [0.1, 0.15) is 52.0 Å². The van der Waals surface area contributed by atoms with Gasteiger partial charge in [0.2, 0.25) is 0 Å². The highest BCUT2D eigenvalue weighted by Gasteiger charge is 2.36. The highest BCUT2D eigenvalue weighted by atomic mass is 16.3. The van der Waals surface area contributed by atoms with E-state index in [1.54, 1.807) is 0 Å². The minimum atomic E-state index is -0.673. The smallest absolute Gasteiger partial charge is 0.0713 e. The SMILES string of the molecule is CCC(C)C(C)(O)C(CC)c1cccc2ccccc12. The molecule has 0 aliphatic heterocycles. The molecule has 0 radical (unpaired) electrons. The summed E-state index contributed by atoms with van der Waals surface area (Å²) in [5.41, 5.74) is 0.601. The van der Waals surface area contributed by atoms with Gasteiger partial charge in [0.1, 0.15) is 0 Å². The van der Waals surface area contributed by atoms with E-state index >= 15 is 0 Å². The Bertz CT molecular complexity index is 565. The normalized spacial score (nSPS) is 17.6. The molecule has 0 spiro atoms. The lowest BCUT2D eigenvalue weighted by molar-refractivity contribution is -0.0221. The van der Waals surface area contributed by atoms with Gasteiger partial charge >= 0.3 is 0 Å². The summed E-state index contributed by atoms with van der Waals surface area (Å²) in [6, 6.07) is 14.9. The van der Waals surface area contributed by atoms with Crippen molar-refractivity contribution >= 4 is 10.8 Å². The van der Waals surface area contributed by atoms with E-state index in [9.17, 15) is 5.11 Å². The quantitative estimate of drug-likeness (QED) is 0.798. The van der Waals surface area contributed by atoms with E-state index in [1.807, 2.05) is 6.92 Å². The molecule has 1 nitrogen and oxygen atoms in total. The topological polar surface area (TPSA) is 20.2 Å². The Hall–Kier alpha value is -1.34. The van der Waals surface area contributed by atoms with Gasteiger partial charge in [-0.3, -0.25) is 0 Å². The van der Waals surface area contributed by atoms with Crippen LogP contribution in [0.15, 0.2) is 42.5 Å². The minimum absolute atomic E-state index is 0.170. The van der Waals surface area contributed by atoms with Gasteiger partial charge < -0.3 is 5.11 Å². The average Bonchev–Trinajstić information content (AvgIpc) is 2.47. The van der Waals surface area contributed by atoms with Gasteiger partial charge in [0.25, 0.3) is 0 Å². The van der Waals surface area contributed by atoms with Gasteiger partial charge in [0.05, 0.1) is 5.60 Å². The number of aliphatic hydroxyl groups is 1. The maximum absolute atomic E-state index is 11.1. The summed E-state index contributed by atoms with van der Waals surface area (Å²) in [6.07, 6.45) is 1.94. The molecule has 1 heteroatoms. The summed E-state index contributed by atoms with van der Waals surface area (Å²) >= 11 is 0. The van der Waals surface area contributed by atoms with Crippen molar-refractivity contribution in [2.45, 2.75) is 52.1 Å². The van der Waals surface area contributed by atoms with E-state index in [0.717, 1.165) is 12.8 Å². The molecule has 3 atom stereocenters. The first-order valence-electron chi connectivity index (χ1n) is 7.72. The van der Waals surface area contributed by atoms with Gasteiger partial charge in [-0.2, -0.15) is 0 Å². The van der Waals surface area contributed by atoms with E-state index in [-0.39, 0.29) is 11.8 Å². The molecule has 0 saturated carbocycles. The third-order valence-electron chi connectivity index (χ3n) is 4.92. The Kier molecular flexibility index (Phi) is 4.49. The molecule has 0 bridgehead atoms. The zero-order chi connectivity index (χ0) is 14.8. The van der Waals surface area contributed by atoms with Crippen molar-refractivity contribution in [3.8, 4) is 0 Å². The zero-order valence-corrected chi connectivity index (χ0v) is 13.1. The molecular formula is C19H26O. The lowest BCUT2D eigenvalue weighted by atomic mass is 9.72. The molecule has 1 N–H and O–H groups in total. The fraction of sp³-hybridized carbons (Fsp3) is 0.474. The van der Waals surface area contributed by atoms with Crippen LogP contribution in [0.25, 0.3) is 10.8 Å². The van der Waals surface area contributed by atoms with Crippen molar-refractivity contribution in [3.05, 3.63) is 48.0 Å². The molecule has 0 saturated heterocycles. The van der Waals surface area contributed by atoms with Crippen LogP contribution in [0.3, 0.4) is 0 Å². The van der Waals surface area contributed by atoms with Gasteiger partial charge in [0.15, 0.2) is 0 Å². The van der Waals surface area contributed by atoms with Gasteiger partial charge in [-0.1, -0.05) is 69.7 Å². The Labute approximate surface area is 122 Å². The summed E-state index contributed by atoms with van der Waals surface area (Å²) in [7, 11) is 0. The minimum Gasteiger partial charge on any atom is -0.389 e. The first-order valence-corrected chi connectivity index (χ1v) is 7.72. The van der Waals surface area contributed by atoms with Crippen LogP contribution in [0.4, 0.5) is 0 Å². The summed E-state index contributed by atoms with van der Waals surface area (Å²) in [6.45, 7) is 8.46. The fourth-order valence-electron chi connectivity index (χ4n) is 3.26. The van der Waals surface area contributed by atoms with Crippen molar-refractivity contribution < 1.29 is 5.11 Å². The molecule has 0 fully saturated rings. The van der Waals surface area contributed by atoms with E-state index in [0.29, 0.717) is 0 Å². The maximum atomic E-state index is 11.1. The monoisotopic (exact) mass is 270 g/mol. The maximum Gasteiger partial charge on any atom is 0.0713 e. The largest absolute Gasteiger partial charge is 0.389 e. The number of fused-ring (bicyclic) bond motifs is 1. The molecule has 20 heavy (non-hydrogen) atoms. The zero-order valence-electron chi connectivity index (χ0n) is 13.1. The van der Waals surface area contributed by atoms with Gasteiger partial charge in [-0.05, 0) is 35.6 Å². The van der Waals surface area contributed by atoms with Gasteiger partial charge in [-0.15, -0.1) is 0 Å². The summed E-state index contributed by atoms with van der Waals surface area (Å²) in [5.74, 6) is 0.454. The van der Waals surface area contributed by atoms with Crippen LogP contribution in [0.2, 0.25) is 0 Å². The third kappa shape index (κ3) is 2.60. The summed E-state index contributed by atoms with van der Waals surface area (Å²) < 4.78 is 0. The predicted molar refractivity (Wildman–Crippen MR) is 87.1 cm³/mol. The molecule has 2 aromatic rings. The van der Waals surface area contributed by atoms with Crippen molar-refractivity contribution in [2.75, 3.05) is 0 Å². The van der Waals surface area contributed by atoms with Crippen LogP contribution in [-0.2, 0) is 0 Å². The number of rotatable bonds is 5. The lowest BCUT2D eigenvalue weighted by Crippen LogP contribution is -2.39. The Morgan fingerprint density at radius 2 is 1.65 bits per heavy atom. The van der Waals surface area contributed by atoms with E-state index in [2.05, 4.69) is 63.2 Å². The average molecular weight is 270 g/mol. The summed E-state index contributed by atoms with van der Waals surface area (Å²) in [5, 5.41) is 13.6. The van der Waals surface area contributed by atoms with E-state index in [1.165, 1.54) is 16.3 Å². The van der Waals surface area contributed by atoms with Gasteiger partial charge in [0, 0.05) is 5.92 Å². The Balaban J connectivity index is 2.55. The van der Waals surface area contributed by atoms with E-state index in [4.69, 9.17) is 0 Å². The molecule has 3 unspecified atom stereocenters. The second-order valence-electron chi connectivity index (χ2n) is 6.06. The van der Waals surface area contributed by atoms with Crippen molar-refractivity contribution in [1.29, 1.82) is 0 Å².